The highest BCUT2D eigenvalue weighted by molar-refractivity contribution is 5.87. The lowest BCUT2D eigenvalue weighted by molar-refractivity contribution is 0.779. The van der Waals surface area contributed by atoms with Gasteiger partial charge in [-0.25, -0.2) is 0 Å². The maximum atomic E-state index is 4.64. The summed E-state index contributed by atoms with van der Waals surface area (Å²) in [4.78, 5) is 11.3. The van der Waals surface area contributed by atoms with Crippen molar-refractivity contribution in [2.24, 2.45) is 5.92 Å². The monoisotopic (exact) mass is 260 g/mol. The minimum atomic E-state index is 0.677. The summed E-state index contributed by atoms with van der Waals surface area (Å²) in [5, 5.41) is 11.2. The number of nitrogens with one attached hydrogen (secondary N) is 2. The van der Waals surface area contributed by atoms with Gasteiger partial charge in [0.1, 0.15) is 5.82 Å². The van der Waals surface area contributed by atoms with Crippen LogP contribution in [-0.2, 0) is 0 Å². The van der Waals surface area contributed by atoms with Crippen LogP contribution in [0, 0.1) is 5.92 Å². The summed E-state index contributed by atoms with van der Waals surface area (Å²) < 4.78 is 0. The third kappa shape index (κ3) is 2.62. The van der Waals surface area contributed by atoms with Crippen molar-refractivity contribution in [2.45, 2.75) is 26.2 Å². The Morgan fingerprint density at radius 3 is 3.00 bits per heavy atom. The molecule has 2 aromatic heterocycles. The van der Waals surface area contributed by atoms with Gasteiger partial charge in [0.2, 0.25) is 5.95 Å². The Hall–Kier alpha value is -1.85. The van der Waals surface area contributed by atoms with Gasteiger partial charge in [0.15, 0.2) is 5.65 Å². The number of nitrogens with zero attached hydrogens (tertiary/aromatic N) is 4. The zero-order valence-electron chi connectivity index (χ0n) is 11.5. The minimum Gasteiger partial charge on any atom is -0.359 e. The van der Waals surface area contributed by atoms with E-state index in [1.165, 1.54) is 12.8 Å². The van der Waals surface area contributed by atoms with Crippen LogP contribution in [0.25, 0.3) is 11.0 Å². The molecule has 102 valence electrons. The molecule has 0 amide bonds. The van der Waals surface area contributed by atoms with Crippen LogP contribution >= 0.6 is 0 Å². The zero-order chi connectivity index (χ0) is 13.2. The van der Waals surface area contributed by atoms with Crippen LogP contribution < -0.4 is 10.2 Å². The van der Waals surface area contributed by atoms with E-state index in [4.69, 9.17) is 0 Å². The standard InChI is InChI=1S/C13H20N6/c1-3-6-14-13-16-11-10(7-15-18-11)12(17-13)19(2)8-9-4-5-9/h7,9H,3-6,8H2,1-2H3,(H2,14,15,16,17,18). The Morgan fingerprint density at radius 2 is 2.26 bits per heavy atom. The molecule has 2 N–H and O–H groups in total. The first-order valence-electron chi connectivity index (χ1n) is 6.94. The summed E-state index contributed by atoms with van der Waals surface area (Å²) in [6.45, 7) is 4.07. The number of hydrogen-bond donors (Lipinski definition) is 2. The van der Waals surface area contributed by atoms with Gasteiger partial charge in [0.25, 0.3) is 0 Å². The van der Waals surface area contributed by atoms with Crippen LogP contribution in [0.4, 0.5) is 11.8 Å². The molecule has 19 heavy (non-hydrogen) atoms. The number of H-pyrrole nitrogens is 1. The second-order valence-corrected chi connectivity index (χ2v) is 5.25. The molecule has 2 heterocycles. The second kappa shape index (κ2) is 5.03. The fraction of sp³-hybridized carbons (Fsp3) is 0.615. The highest BCUT2D eigenvalue weighted by atomic mass is 15.2. The summed E-state index contributed by atoms with van der Waals surface area (Å²) >= 11 is 0. The van der Waals surface area contributed by atoms with Crippen molar-refractivity contribution < 1.29 is 0 Å². The predicted molar refractivity (Wildman–Crippen MR) is 76.5 cm³/mol. The first kappa shape index (κ1) is 12.2. The molecule has 0 bridgehead atoms. The first-order valence-corrected chi connectivity index (χ1v) is 6.94. The number of fused-ring (bicyclic) bond motifs is 1. The number of rotatable bonds is 6. The smallest absolute Gasteiger partial charge is 0.226 e. The fourth-order valence-electron chi connectivity index (χ4n) is 2.20. The molecule has 1 aliphatic rings. The number of hydrogen-bond acceptors (Lipinski definition) is 5. The van der Waals surface area contributed by atoms with Gasteiger partial charge < -0.3 is 10.2 Å². The van der Waals surface area contributed by atoms with Crippen LogP contribution in [0.15, 0.2) is 6.20 Å². The topological polar surface area (TPSA) is 69.7 Å². The van der Waals surface area contributed by atoms with Gasteiger partial charge in [-0.3, -0.25) is 5.10 Å². The predicted octanol–water partition coefficient (Wildman–Crippen LogP) is 2.02. The molecule has 0 unspecified atom stereocenters. The summed E-state index contributed by atoms with van der Waals surface area (Å²) in [6, 6.07) is 0. The van der Waals surface area contributed by atoms with E-state index in [1.807, 2.05) is 0 Å². The first-order chi connectivity index (χ1) is 9.28. The Balaban J connectivity index is 1.91. The van der Waals surface area contributed by atoms with Crippen molar-refractivity contribution in [1.82, 2.24) is 20.2 Å². The van der Waals surface area contributed by atoms with Crippen molar-refractivity contribution in [1.29, 1.82) is 0 Å². The number of anilines is 2. The summed E-state index contributed by atoms with van der Waals surface area (Å²) in [6.07, 6.45) is 5.53. The van der Waals surface area contributed by atoms with Crippen LogP contribution in [-0.4, -0.2) is 40.3 Å². The van der Waals surface area contributed by atoms with Gasteiger partial charge in [0.05, 0.1) is 11.6 Å². The van der Waals surface area contributed by atoms with Gasteiger partial charge in [-0.2, -0.15) is 15.1 Å². The zero-order valence-corrected chi connectivity index (χ0v) is 11.5. The van der Waals surface area contributed by atoms with Crippen molar-refractivity contribution in [3.63, 3.8) is 0 Å². The highest BCUT2D eigenvalue weighted by Gasteiger charge is 2.24. The van der Waals surface area contributed by atoms with E-state index in [1.54, 1.807) is 6.20 Å². The van der Waals surface area contributed by atoms with Crippen LogP contribution in [0.5, 0.6) is 0 Å². The van der Waals surface area contributed by atoms with E-state index < -0.39 is 0 Å². The summed E-state index contributed by atoms with van der Waals surface area (Å²) in [5.74, 6) is 2.47. The van der Waals surface area contributed by atoms with Gasteiger partial charge in [-0.05, 0) is 25.2 Å². The summed E-state index contributed by atoms with van der Waals surface area (Å²) in [7, 11) is 2.09. The van der Waals surface area contributed by atoms with E-state index in [0.29, 0.717) is 5.95 Å². The maximum Gasteiger partial charge on any atom is 0.226 e. The van der Waals surface area contributed by atoms with E-state index in [9.17, 15) is 0 Å². The molecule has 0 aliphatic heterocycles. The Morgan fingerprint density at radius 1 is 1.42 bits per heavy atom. The molecular weight excluding hydrogens is 240 g/mol. The van der Waals surface area contributed by atoms with Crippen LogP contribution in [0.1, 0.15) is 26.2 Å². The molecule has 1 fully saturated rings. The SMILES string of the molecule is CCCNc1nc(N(C)CC2CC2)c2cn[nH]c2n1. The molecule has 1 aliphatic carbocycles. The number of aromatic amines is 1. The van der Waals surface area contributed by atoms with Gasteiger partial charge >= 0.3 is 0 Å². The lowest BCUT2D eigenvalue weighted by atomic mass is 10.3. The molecular formula is C13H20N6. The average molecular weight is 260 g/mol. The largest absolute Gasteiger partial charge is 0.359 e. The third-order valence-corrected chi connectivity index (χ3v) is 3.41. The lowest BCUT2D eigenvalue weighted by Crippen LogP contribution is -2.22. The van der Waals surface area contributed by atoms with E-state index >= 15 is 0 Å². The van der Waals surface area contributed by atoms with Crippen LogP contribution in [0.3, 0.4) is 0 Å². The quantitative estimate of drug-likeness (QED) is 0.831. The maximum absolute atomic E-state index is 4.64. The van der Waals surface area contributed by atoms with Crippen molar-refractivity contribution in [3.8, 4) is 0 Å². The molecule has 0 radical (unpaired) electrons. The average Bonchev–Trinajstić information content (AvgIpc) is 3.09. The van der Waals surface area contributed by atoms with Gasteiger partial charge in [-0.15, -0.1) is 0 Å². The lowest BCUT2D eigenvalue weighted by Gasteiger charge is -2.19. The molecule has 0 atom stereocenters. The van der Waals surface area contributed by atoms with Gasteiger partial charge in [0, 0.05) is 20.1 Å². The molecule has 2 aromatic rings. The van der Waals surface area contributed by atoms with Crippen LogP contribution in [0.2, 0.25) is 0 Å². The van der Waals surface area contributed by atoms with E-state index in [-0.39, 0.29) is 0 Å². The third-order valence-electron chi connectivity index (χ3n) is 3.41. The molecule has 6 heteroatoms. The van der Waals surface area contributed by atoms with Crippen molar-refractivity contribution in [2.75, 3.05) is 30.4 Å². The number of aromatic nitrogens is 4. The molecule has 0 saturated heterocycles. The Labute approximate surface area is 112 Å². The Kier molecular flexibility index (Phi) is 3.23. The molecule has 1 saturated carbocycles. The van der Waals surface area contributed by atoms with Gasteiger partial charge in [-0.1, -0.05) is 6.92 Å². The second-order valence-electron chi connectivity index (χ2n) is 5.25. The normalized spacial score (nSPS) is 14.8. The van der Waals surface area contributed by atoms with Crippen molar-refractivity contribution in [3.05, 3.63) is 6.20 Å². The molecule has 0 spiro atoms. The minimum absolute atomic E-state index is 0.677. The fourth-order valence-corrected chi connectivity index (χ4v) is 2.20. The Bertz CT molecular complexity index is 559. The summed E-state index contributed by atoms with van der Waals surface area (Å²) in [5.41, 5.74) is 0.797. The molecule has 0 aromatic carbocycles. The highest BCUT2D eigenvalue weighted by Crippen LogP contribution is 2.32. The van der Waals surface area contributed by atoms with E-state index in [0.717, 1.165) is 42.3 Å². The van der Waals surface area contributed by atoms with E-state index in [2.05, 4.69) is 44.4 Å². The molecule has 6 nitrogen and oxygen atoms in total. The molecule has 3 rings (SSSR count). The van der Waals surface area contributed by atoms with Crippen molar-refractivity contribution >= 4 is 22.8 Å².